The number of benzene rings is 2. The molecule has 1 N–H and O–H groups in total. The van der Waals surface area contributed by atoms with Crippen molar-refractivity contribution in [2.45, 2.75) is 12.6 Å². The van der Waals surface area contributed by atoms with E-state index in [2.05, 4.69) is 20.8 Å². The van der Waals surface area contributed by atoms with E-state index in [0.717, 1.165) is 16.8 Å². The van der Waals surface area contributed by atoms with Gasteiger partial charge in [-0.1, -0.05) is 12.1 Å². The standard InChI is InChI=1S/C15H12N6O2/c1-15(10-6-8-11(9-7-10)21(22)23)16-13-5-3-2-4-12(13)14-17-18-19-20(14)15/h2-9,16H,1H3. The zero-order valence-corrected chi connectivity index (χ0v) is 12.2. The number of hydrogen-bond acceptors (Lipinski definition) is 6. The van der Waals surface area contributed by atoms with E-state index >= 15 is 0 Å². The molecule has 0 saturated carbocycles. The number of rotatable bonds is 2. The quantitative estimate of drug-likeness (QED) is 0.576. The van der Waals surface area contributed by atoms with E-state index in [1.807, 2.05) is 31.2 Å². The van der Waals surface area contributed by atoms with Gasteiger partial charge in [-0.2, -0.15) is 4.68 Å². The van der Waals surface area contributed by atoms with Crippen LogP contribution in [-0.4, -0.2) is 25.1 Å². The summed E-state index contributed by atoms with van der Waals surface area (Å²) in [6, 6.07) is 14.1. The molecule has 1 aliphatic heterocycles. The van der Waals surface area contributed by atoms with Gasteiger partial charge in [-0.25, -0.2) is 0 Å². The van der Waals surface area contributed by atoms with Gasteiger partial charge in [-0.15, -0.1) is 5.10 Å². The van der Waals surface area contributed by atoms with E-state index in [-0.39, 0.29) is 5.69 Å². The first-order chi connectivity index (χ1) is 11.1. The normalized spacial score (nSPS) is 18.7. The predicted molar refractivity (Wildman–Crippen MR) is 82.7 cm³/mol. The monoisotopic (exact) mass is 308 g/mol. The van der Waals surface area contributed by atoms with Crippen LogP contribution >= 0.6 is 0 Å². The molecule has 1 unspecified atom stereocenters. The number of nitrogens with zero attached hydrogens (tertiary/aromatic N) is 5. The van der Waals surface area contributed by atoms with E-state index in [9.17, 15) is 10.1 Å². The molecule has 8 nitrogen and oxygen atoms in total. The van der Waals surface area contributed by atoms with E-state index in [4.69, 9.17) is 0 Å². The number of hydrogen-bond donors (Lipinski definition) is 1. The van der Waals surface area contributed by atoms with Gasteiger partial charge in [0, 0.05) is 23.4 Å². The van der Waals surface area contributed by atoms with Gasteiger partial charge in [0.15, 0.2) is 11.5 Å². The van der Waals surface area contributed by atoms with Crippen molar-refractivity contribution >= 4 is 11.4 Å². The predicted octanol–water partition coefficient (Wildman–Crippen LogP) is 2.39. The molecule has 1 aromatic heterocycles. The maximum absolute atomic E-state index is 10.8. The second-order valence-corrected chi connectivity index (χ2v) is 5.46. The molecule has 0 radical (unpaired) electrons. The number of nitrogens with one attached hydrogen (secondary N) is 1. The number of non-ortho nitro benzene ring substituents is 1. The highest BCUT2D eigenvalue weighted by atomic mass is 16.6. The molecule has 4 rings (SSSR count). The third kappa shape index (κ3) is 1.88. The van der Waals surface area contributed by atoms with Crippen LogP contribution in [-0.2, 0) is 5.66 Å². The lowest BCUT2D eigenvalue weighted by atomic mass is 9.96. The van der Waals surface area contributed by atoms with Crippen molar-refractivity contribution in [3.05, 3.63) is 64.2 Å². The first kappa shape index (κ1) is 13.4. The summed E-state index contributed by atoms with van der Waals surface area (Å²) in [6.45, 7) is 1.93. The molecule has 0 saturated heterocycles. The van der Waals surface area contributed by atoms with Crippen LogP contribution < -0.4 is 5.32 Å². The molecule has 1 atom stereocenters. The Morgan fingerprint density at radius 2 is 1.91 bits per heavy atom. The molecule has 1 aliphatic rings. The third-order valence-electron chi connectivity index (χ3n) is 4.08. The van der Waals surface area contributed by atoms with Gasteiger partial charge >= 0.3 is 0 Å². The average molecular weight is 308 g/mol. The van der Waals surface area contributed by atoms with Crippen LogP contribution in [0.3, 0.4) is 0 Å². The van der Waals surface area contributed by atoms with Crippen molar-refractivity contribution in [2.75, 3.05) is 5.32 Å². The molecular formula is C15H12N6O2. The highest BCUT2D eigenvalue weighted by Gasteiger charge is 2.38. The maximum Gasteiger partial charge on any atom is 0.269 e. The summed E-state index contributed by atoms with van der Waals surface area (Å²) in [7, 11) is 0. The fourth-order valence-corrected chi connectivity index (χ4v) is 2.86. The lowest BCUT2D eigenvalue weighted by molar-refractivity contribution is -0.384. The molecule has 0 bridgehead atoms. The number of anilines is 1. The van der Waals surface area contributed by atoms with Gasteiger partial charge in [0.1, 0.15) is 0 Å². The summed E-state index contributed by atoms with van der Waals surface area (Å²) in [5, 5.41) is 26.3. The Morgan fingerprint density at radius 1 is 1.17 bits per heavy atom. The second-order valence-electron chi connectivity index (χ2n) is 5.46. The van der Waals surface area contributed by atoms with Gasteiger partial charge in [0.2, 0.25) is 0 Å². The topological polar surface area (TPSA) is 98.8 Å². The van der Waals surface area contributed by atoms with Crippen molar-refractivity contribution < 1.29 is 4.92 Å². The summed E-state index contributed by atoms with van der Waals surface area (Å²) in [5.74, 6) is 0.653. The zero-order valence-electron chi connectivity index (χ0n) is 12.2. The third-order valence-corrected chi connectivity index (χ3v) is 4.08. The molecule has 0 amide bonds. The van der Waals surface area contributed by atoms with E-state index < -0.39 is 10.6 Å². The van der Waals surface area contributed by atoms with Gasteiger partial charge in [-0.05, 0) is 47.2 Å². The summed E-state index contributed by atoms with van der Waals surface area (Å²) >= 11 is 0. The molecule has 23 heavy (non-hydrogen) atoms. The highest BCUT2D eigenvalue weighted by Crippen LogP contribution is 2.39. The van der Waals surface area contributed by atoms with E-state index in [1.165, 1.54) is 12.1 Å². The van der Waals surface area contributed by atoms with Gasteiger partial charge in [0.25, 0.3) is 5.69 Å². The minimum Gasteiger partial charge on any atom is -0.357 e. The number of nitro benzene ring substituents is 1. The van der Waals surface area contributed by atoms with Gasteiger partial charge in [-0.3, -0.25) is 10.1 Å². The van der Waals surface area contributed by atoms with Crippen LogP contribution in [0.5, 0.6) is 0 Å². The van der Waals surface area contributed by atoms with E-state index in [1.54, 1.807) is 16.8 Å². The summed E-state index contributed by atoms with van der Waals surface area (Å²) in [6.07, 6.45) is 0. The van der Waals surface area contributed by atoms with Crippen LogP contribution in [0.4, 0.5) is 11.4 Å². The molecule has 114 valence electrons. The van der Waals surface area contributed by atoms with Crippen molar-refractivity contribution in [1.29, 1.82) is 0 Å². The van der Waals surface area contributed by atoms with Crippen LogP contribution in [0.1, 0.15) is 12.5 Å². The SMILES string of the molecule is CC1(c2ccc([N+](=O)[O-])cc2)Nc2ccccc2-c2nnnn21. The molecule has 2 heterocycles. The smallest absolute Gasteiger partial charge is 0.269 e. The minimum atomic E-state index is -0.734. The number of aromatic nitrogens is 4. The van der Waals surface area contributed by atoms with Crippen molar-refractivity contribution in [1.82, 2.24) is 20.2 Å². The summed E-state index contributed by atoms with van der Waals surface area (Å²) in [4.78, 5) is 10.4. The molecular weight excluding hydrogens is 296 g/mol. The molecule has 3 aromatic rings. The molecule has 0 aliphatic carbocycles. The van der Waals surface area contributed by atoms with Gasteiger partial charge in [0.05, 0.1) is 4.92 Å². The average Bonchev–Trinajstić information content (AvgIpc) is 3.06. The largest absolute Gasteiger partial charge is 0.357 e. The van der Waals surface area contributed by atoms with Crippen LogP contribution in [0.2, 0.25) is 0 Å². The van der Waals surface area contributed by atoms with Crippen LogP contribution in [0.25, 0.3) is 11.4 Å². The second kappa shape index (κ2) is 4.60. The number of fused-ring (bicyclic) bond motifs is 3. The van der Waals surface area contributed by atoms with Crippen LogP contribution in [0, 0.1) is 10.1 Å². The number of nitro groups is 1. The fourth-order valence-electron chi connectivity index (χ4n) is 2.86. The summed E-state index contributed by atoms with van der Waals surface area (Å²) < 4.78 is 1.69. The molecule has 0 spiro atoms. The Kier molecular flexibility index (Phi) is 2.68. The lowest BCUT2D eigenvalue weighted by Gasteiger charge is -2.37. The van der Waals surface area contributed by atoms with Crippen molar-refractivity contribution in [3.8, 4) is 11.4 Å². The van der Waals surface area contributed by atoms with E-state index in [0.29, 0.717) is 5.82 Å². The number of tetrazole rings is 1. The fraction of sp³-hybridized carbons (Fsp3) is 0.133. The van der Waals surface area contributed by atoms with Gasteiger partial charge < -0.3 is 5.32 Å². The Hall–Kier alpha value is -3.29. The zero-order chi connectivity index (χ0) is 16.0. The molecule has 0 fully saturated rings. The Morgan fingerprint density at radius 3 is 2.65 bits per heavy atom. The molecule has 2 aromatic carbocycles. The number of para-hydroxylation sites is 1. The minimum absolute atomic E-state index is 0.0468. The lowest BCUT2D eigenvalue weighted by Crippen LogP contribution is -2.43. The molecule has 8 heteroatoms. The van der Waals surface area contributed by atoms with Crippen LogP contribution in [0.15, 0.2) is 48.5 Å². The Bertz CT molecular complexity index is 904. The Labute approximate surface area is 130 Å². The Balaban J connectivity index is 1.87. The first-order valence-corrected chi connectivity index (χ1v) is 7.01. The summed E-state index contributed by atoms with van der Waals surface area (Å²) in [5.41, 5.74) is 1.96. The van der Waals surface area contributed by atoms with Crippen molar-refractivity contribution in [3.63, 3.8) is 0 Å². The van der Waals surface area contributed by atoms with Crippen molar-refractivity contribution in [2.24, 2.45) is 0 Å². The maximum atomic E-state index is 10.8. The highest BCUT2D eigenvalue weighted by molar-refractivity contribution is 5.76. The first-order valence-electron chi connectivity index (χ1n) is 7.01.